The number of rotatable bonds is 4. The van der Waals surface area contributed by atoms with E-state index in [2.05, 4.69) is 15.4 Å². The molecule has 0 bridgehead atoms. The largest absolute Gasteiger partial charge is 0.465 e. The van der Waals surface area contributed by atoms with Crippen molar-refractivity contribution in [2.24, 2.45) is 0 Å². The predicted octanol–water partition coefficient (Wildman–Crippen LogP) is 0.507. The van der Waals surface area contributed by atoms with Crippen LogP contribution in [0.2, 0.25) is 0 Å². The minimum atomic E-state index is -0.739. The van der Waals surface area contributed by atoms with Gasteiger partial charge in [-0.25, -0.2) is 9.18 Å². The number of piperidine rings is 1. The van der Waals surface area contributed by atoms with Crippen LogP contribution in [0.5, 0.6) is 0 Å². The maximum Gasteiger partial charge on any atom is 0.340 e. The summed E-state index contributed by atoms with van der Waals surface area (Å²) in [6.45, 7) is 0.255. The van der Waals surface area contributed by atoms with Gasteiger partial charge in [0, 0.05) is 13.0 Å². The van der Waals surface area contributed by atoms with Crippen molar-refractivity contribution in [3.8, 4) is 0 Å². The number of ether oxygens (including phenoxy) is 1. The van der Waals surface area contributed by atoms with Gasteiger partial charge in [-0.05, 0) is 24.1 Å². The van der Waals surface area contributed by atoms with Gasteiger partial charge in [-0.1, -0.05) is 6.07 Å². The van der Waals surface area contributed by atoms with Crippen LogP contribution in [0.4, 0.5) is 4.39 Å². The molecule has 2 amide bonds. The average Bonchev–Trinajstić information content (AvgIpc) is 2.45. The summed E-state index contributed by atoms with van der Waals surface area (Å²) >= 11 is 0. The number of methoxy groups -OCH3 is 1. The summed E-state index contributed by atoms with van der Waals surface area (Å²) in [5, 5.41) is 5.18. The van der Waals surface area contributed by atoms with Crippen LogP contribution in [0.3, 0.4) is 0 Å². The fraction of sp³-hybridized carbons (Fsp3) is 0.357. The summed E-state index contributed by atoms with van der Waals surface area (Å²) in [4.78, 5) is 33.8. The number of nitrogens with one attached hydrogen (secondary N) is 2. The number of esters is 1. The van der Waals surface area contributed by atoms with Gasteiger partial charge in [-0.15, -0.1) is 0 Å². The molecule has 112 valence electrons. The molecule has 1 atom stereocenters. The van der Waals surface area contributed by atoms with E-state index in [-0.39, 0.29) is 30.3 Å². The molecule has 2 rings (SSSR count). The van der Waals surface area contributed by atoms with Gasteiger partial charge in [0.05, 0.1) is 18.7 Å². The van der Waals surface area contributed by atoms with Crippen LogP contribution in [0.1, 0.15) is 28.8 Å². The van der Waals surface area contributed by atoms with E-state index in [1.807, 2.05) is 0 Å². The molecule has 1 aliphatic heterocycles. The molecule has 6 nitrogen and oxygen atoms in total. The van der Waals surface area contributed by atoms with Crippen molar-refractivity contribution < 1.29 is 23.5 Å². The van der Waals surface area contributed by atoms with E-state index < -0.39 is 17.8 Å². The lowest BCUT2D eigenvalue weighted by Crippen LogP contribution is -2.50. The van der Waals surface area contributed by atoms with Gasteiger partial charge in [0.2, 0.25) is 11.8 Å². The second-order valence-electron chi connectivity index (χ2n) is 4.69. The molecule has 1 saturated heterocycles. The SMILES string of the molecule is COC(=O)c1ccc(CNC2CCC(=O)NC2=O)cc1F. The molecule has 1 heterocycles. The zero-order valence-corrected chi connectivity index (χ0v) is 11.4. The first-order valence-electron chi connectivity index (χ1n) is 6.45. The van der Waals surface area contributed by atoms with Crippen molar-refractivity contribution in [3.05, 3.63) is 35.1 Å². The van der Waals surface area contributed by atoms with E-state index in [0.717, 1.165) is 0 Å². The molecule has 0 saturated carbocycles. The Morgan fingerprint density at radius 3 is 2.86 bits per heavy atom. The first-order valence-corrected chi connectivity index (χ1v) is 6.45. The van der Waals surface area contributed by atoms with E-state index in [4.69, 9.17) is 0 Å². The molecular formula is C14H15FN2O4. The van der Waals surface area contributed by atoms with E-state index in [1.165, 1.54) is 19.2 Å². The summed E-state index contributed by atoms with van der Waals surface area (Å²) in [7, 11) is 1.18. The average molecular weight is 294 g/mol. The minimum Gasteiger partial charge on any atom is -0.465 e. The van der Waals surface area contributed by atoms with Crippen LogP contribution in [0.25, 0.3) is 0 Å². The highest BCUT2D eigenvalue weighted by Crippen LogP contribution is 2.12. The molecule has 1 aromatic rings. The van der Waals surface area contributed by atoms with Crippen molar-refractivity contribution in [2.45, 2.75) is 25.4 Å². The molecule has 0 aromatic heterocycles. The van der Waals surface area contributed by atoms with Gasteiger partial charge in [0.25, 0.3) is 0 Å². The second-order valence-corrected chi connectivity index (χ2v) is 4.69. The van der Waals surface area contributed by atoms with Gasteiger partial charge < -0.3 is 10.1 Å². The van der Waals surface area contributed by atoms with Crippen molar-refractivity contribution in [2.75, 3.05) is 7.11 Å². The number of halogens is 1. The number of imide groups is 1. The number of amides is 2. The highest BCUT2D eigenvalue weighted by molar-refractivity contribution is 6.00. The smallest absolute Gasteiger partial charge is 0.340 e. The highest BCUT2D eigenvalue weighted by Gasteiger charge is 2.25. The summed E-state index contributed by atoms with van der Waals surface area (Å²) in [5.41, 5.74) is 0.451. The molecule has 1 aromatic carbocycles. The Labute approximate surface area is 120 Å². The van der Waals surface area contributed by atoms with Gasteiger partial charge in [-0.2, -0.15) is 0 Å². The number of hydrogen-bond acceptors (Lipinski definition) is 5. The van der Waals surface area contributed by atoms with Crippen molar-refractivity contribution in [1.82, 2.24) is 10.6 Å². The van der Waals surface area contributed by atoms with E-state index in [1.54, 1.807) is 6.07 Å². The van der Waals surface area contributed by atoms with Crippen LogP contribution >= 0.6 is 0 Å². The third-order valence-electron chi connectivity index (χ3n) is 3.23. The monoisotopic (exact) mass is 294 g/mol. The Kier molecular flexibility index (Phi) is 4.64. The molecule has 1 unspecified atom stereocenters. The Balaban J connectivity index is 1.98. The molecule has 21 heavy (non-hydrogen) atoms. The first-order chi connectivity index (χ1) is 10.0. The molecule has 2 N–H and O–H groups in total. The predicted molar refractivity (Wildman–Crippen MR) is 70.8 cm³/mol. The third-order valence-corrected chi connectivity index (χ3v) is 3.23. The molecule has 1 aliphatic rings. The number of carbonyl (C=O) groups is 3. The Hall–Kier alpha value is -2.28. The lowest BCUT2D eigenvalue weighted by Gasteiger charge is -2.21. The van der Waals surface area contributed by atoms with Gasteiger partial charge in [0.1, 0.15) is 5.82 Å². The molecule has 0 aliphatic carbocycles. The Morgan fingerprint density at radius 2 is 2.24 bits per heavy atom. The van der Waals surface area contributed by atoms with Crippen molar-refractivity contribution >= 4 is 17.8 Å². The lowest BCUT2D eigenvalue weighted by atomic mass is 10.1. The normalized spacial score (nSPS) is 18.3. The zero-order valence-electron chi connectivity index (χ0n) is 11.4. The van der Waals surface area contributed by atoms with Crippen LogP contribution in [-0.4, -0.2) is 30.9 Å². The van der Waals surface area contributed by atoms with Crippen molar-refractivity contribution in [1.29, 1.82) is 0 Å². The summed E-state index contributed by atoms with van der Waals surface area (Å²) in [6, 6.07) is 3.65. The quantitative estimate of drug-likeness (QED) is 0.624. The van der Waals surface area contributed by atoms with Crippen LogP contribution in [0, 0.1) is 5.82 Å². The number of benzene rings is 1. The molecule has 0 spiro atoms. The highest BCUT2D eigenvalue weighted by atomic mass is 19.1. The maximum atomic E-state index is 13.7. The Bertz CT molecular complexity index is 588. The van der Waals surface area contributed by atoms with Crippen molar-refractivity contribution in [3.63, 3.8) is 0 Å². The lowest BCUT2D eigenvalue weighted by molar-refractivity contribution is -0.134. The van der Waals surface area contributed by atoms with Gasteiger partial charge in [0.15, 0.2) is 0 Å². The summed E-state index contributed by atoms with van der Waals surface area (Å²) in [5.74, 6) is -2.08. The van der Waals surface area contributed by atoms with E-state index in [0.29, 0.717) is 12.0 Å². The topological polar surface area (TPSA) is 84.5 Å². The fourth-order valence-corrected chi connectivity index (χ4v) is 2.07. The number of hydrogen-bond donors (Lipinski definition) is 2. The van der Waals surface area contributed by atoms with Crippen LogP contribution < -0.4 is 10.6 Å². The minimum absolute atomic E-state index is 0.137. The molecule has 0 radical (unpaired) electrons. The van der Waals surface area contributed by atoms with Crippen LogP contribution in [0.15, 0.2) is 18.2 Å². The summed E-state index contributed by atoms with van der Waals surface area (Å²) in [6.07, 6.45) is 0.687. The van der Waals surface area contributed by atoms with Gasteiger partial charge >= 0.3 is 5.97 Å². The number of carbonyl (C=O) groups excluding carboxylic acids is 3. The first kappa shape index (κ1) is 15.1. The second kappa shape index (κ2) is 6.45. The third kappa shape index (κ3) is 3.63. The maximum absolute atomic E-state index is 13.7. The molecular weight excluding hydrogens is 279 g/mol. The summed E-state index contributed by atoms with van der Waals surface area (Å²) < 4.78 is 18.2. The fourth-order valence-electron chi connectivity index (χ4n) is 2.07. The van der Waals surface area contributed by atoms with E-state index >= 15 is 0 Å². The zero-order chi connectivity index (χ0) is 15.4. The molecule has 1 fully saturated rings. The standard InChI is InChI=1S/C14H15FN2O4/c1-21-14(20)9-3-2-8(6-10(9)15)7-16-11-4-5-12(18)17-13(11)19/h2-3,6,11,16H,4-5,7H2,1H3,(H,17,18,19). The van der Waals surface area contributed by atoms with E-state index in [9.17, 15) is 18.8 Å². The van der Waals surface area contributed by atoms with Gasteiger partial charge in [-0.3, -0.25) is 14.9 Å². The molecule has 7 heteroatoms. The van der Waals surface area contributed by atoms with Crippen LogP contribution in [-0.2, 0) is 20.9 Å². The Morgan fingerprint density at radius 1 is 1.48 bits per heavy atom.